The second kappa shape index (κ2) is 10.2. The standard InChI is InChI=1S/C24H28N4O6S/c1-26(2)10-11-28-21(18-4-3-9-25-16-18)20(23(30)24(28)31)22(29)17-5-7-19(8-6-17)35(32,33)27-12-14-34-15-13-27/h3-9,16,21,29H,10-15H2,1-2H3. The number of carbonyl (C=O) groups excluding carboxylic acids is 2. The summed E-state index contributed by atoms with van der Waals surface area (Å²) in [4.78, 5) is 33.5. The molecule has 0 bridgehead atoms. The number of rotatable bonds is 7. The van der Waals surface area contributed by atoms with Crippen LogP contribution >= 0.6 is 0 Å². The third-order valence-electron chi connectivity index (χ3n) is 6.06. The predicted octanol–water partition coefficient (Wildman–Crippen LogP) is 1.09. The largest absolute Gasteiger partial charge is 0.507 e. The SMILES string of the molecule is CN(C)CCN1C(=O)C(=O)C(=C(O)c2ccc(S(=O)(=O)N3CCOCC3)cc2)C1c1cccnc1. The molecule has 2 saturated heterocycles. The Labute approximate surface area is 204 Å². The van der Waals surface area contributed by atoms with Crippen LogP contribution in [0, 0.1) is 0 Å². The number of likely N-dealkylation sites (N-methyl/N-ethyl adjacent to an activating group) is 1. The predicted molar refractivity (Wildman–Crippen MR) is 128 cm³/mol. The maximum atomic E-state index is 13.0. The van der Waals surface area contributed by atoms with Crippen molar-refractivity contribution in [3.05, 3.63) is 65.5 Å². The van der Waals surface area contributed by atoms with Gasteiger partial charge in [0.1, 0.15) is 5.76 Å². The summed E-state index contributed by atoms with van der Waals surface area (Å²) in [6.07, 6.45) is 3.15. The van der Waals surface area contributed by atoms with Crippen molar-refractivity contribution in [1.29, 1.82) is 0 Å². The van der Waals surface area contributed by atoms with Crippen LogP contribution in [0.2, 0.25) is 0 Å². The number of aliphatic hydroxyl groups excluding tert-OH is 1. The van der Waals surface area contributed by atoms with Crippen LogP contribution in [0.25, 0.3) is 5.76 Å². The number of amides is 1. The lowest BCUT2D eigenvalue weighted by atomic mass is 9.96. The molecule has 0 radical (unpaired) electrons. The van der Waals surface area contributed by atoms with E-state index in [0.717, 1.165) is 0 Å². The van der Waals surface area contributed by atoms with Crippen molar-refractivity contribution < 1.29 is 27.9 Å². The van der Waals surface area contributed by atoms with Gasteiger partial charge in [0.2, 0.25) is 10.0 Å². The van der Waals surface area contributed by atoms with Crippen LogP contribution in [0.3, 0.4) is 0 Å². The average molecular weight is 501 g/mol. The number of benzene rings is 1. The van der Waals surface area contributed by atoms with Crippen LogP contribution in [0.5, 0.6) is 0 Å². The number of Topliss-reactive ketones (excluding diaryl/α,β-unsaturated/α-hetero) is 1. The van der Waals surface area contributed by atoms with Gasteiger partial charge in [-0.15, -0.1) is 0 Å². The lowest BCUT2D eigenvalue weighted by Gasteiger charge is -2.26. The van der Waals surface area contributed by atoms with Crippen molar-refractivity contribution in [2.75, 3.05) is 53.5 Å². The van der Waals surface area contributed by atoms with Crippen molar-refractivity contribution in [3.8, 4) is 0 Å². The van der Waals surface area contributed by atoms with E-state index in [1.807, 2.05) is 19.0 Å². The molecule has 1 N–H and O–H groups in total. The summed E-state index contributed by atoms with van der Waals surface area (Å²) >= 11 is 0. The summed E-state index contributed by atoms with van der Waals surface area (Å²) in [5.74, 6) is -1.85. The highest BCUT2D eigenvalue weighted by Crippen LogP contribution is 2.39. The molecule has 3 heterocycles. The quantitative estimate of drug-likeness (QED) is 0.341. The molecule has 10 nitrogen and oxygen atoms in total. The van der Waals surface area contributed by atoms with Crippen molar-refractivity contribution in [1.82, 2.24) is 19.1 Å². The fourth-order valence-corrected chi connectivity index (χ4v) is 5.59. The van der Waals surface area contributed by atoms with Crippen LogP contribution < -0.4 is 0 Å². The molecule has 186 valence electrons. The summed E-state index contributed by atoms with van der Waals surface area (Å²) in [7, 11) is 0.0189. The fraction of sp³-hybridized carbons (Fsp3) is 0.375. The van der Waals surface area contributed by atoms with Crippen LogP contribution in [-0.2, 0) is 24.3 Å². The number of morpholine rings is 1. The number of hydrogen-bond donors (Lipinski definition) is 1. The highest BCUT2D eigenvalue weighted by molar-refractivity contribution is 7.89. The van der Waals surface area contributed by atoms with Gasteiger partial charge >= 0.3 is 0 Å². The van der Waals surface area contributed by atoms with E-state index < -0.39 is 27.8 Å². The molecular formula is C24H28N4O6S. The maximum absolute atomic E-state index is 13.0. The highest BCUT2D eigenvalue weighted by Gasteiger charge is 2.46. The number of carbonyl (C=O) groups is 2. The van der Waals surface area contributed by atoms with Crippen LogP contribution in [0.4, 0.5) is 0 Å². The molecule has 1 aromatic carbocycles. The van der Waals surface area contributed by atoms with Gasteiger partial charge in [-0.1, -0.05) is 6.07 Å². The number of likely N-dealkylation sites (tertiary alicyclic amines) is 1. The van der Waals surface area contributed by atoms with Gasteiger partial charge in [-0.05, 0) is 50.0 Å². The molecule has 1 amide bonds. The van der Waals surface area contributed by atoms with E-state index in [4.69, 9.17) is 4.74 Å². The molecule has 35 heavy (non-hydrogen) atoms. The summed E-state index contributed by atoms with van der Waals surface area (Å²) in [5, 5.41) is 11.2. The number of aromatic nitrogens is 1. The summed E-state index contributed by atoms with van der Waals surface area (Å²) in [6, 6.07) is 8.30. The number of nitrogens with zero attached hydrogens (tertiary/aromatic N) is 4. The van der Waals surface area contributed by atoms with Gasteiger partial charge in [0.25, 0.3) is 11.7 Å². The van der Waals surface area contributed by atoms with Crippen molar-refractivity contribution in [3.63, 3.8) is 0 Å². The number of ether oxygens (including phenoxy) is 1. The Kier molecular flexibility index (Phi) is 7.31. The molecule has 4 rings (SSSR count). The number of sulfonamides is 1. The van der Waals surface area contributed by atoms with E-state index in [-0.39, 0.29) is 41.4 Å². The molecule has 0 saturated carbocycles. The number of ketones is 1. The maximum Gasteiger partial charge on any atom is 0.295 e. The first-order valence-corrected chi connectivity index (χ1v) is 12.7. The Balaban J connectivity index is 1.71. The third-order valence-corrected chi connectivity index (χ3v) is 7.98. The molecule has 1 aromatic heterocycles. The number of hydrogen-bond acceptors (Lipinski definition) is 8. The van der Waals surface area contributed by atoms with Gasteiger partial charge in [0.05, 0.1) is 29.7 Å². The minimum atomic E-state index is -3.71. The van der Waals surface area contributed by atoms with Crippen molar-refractivity contribution >= 4 is 27.5 Å². The van der Waals surface area contributed by atoms with Crippen molar-refractivity contribution in [2.45, 2.75) is 10.9 Å². The first-order chi connectivity index (χ1) is 16.7. The lowest BCUT2D eigenvalue weighted by molar-refractivity contribution is -0.140. The third kappa shape index (κ3) is 4.98. The topological polar surface area (TPSA) is 120 Å². The van der Waals surface area contributed by atoms with E-state index in [1.54, 1.807) is 24.5 Å². The van der Waals surface area contributed by atoms with E-state index in [1.165, 1.54) is 33.5 Å². The zero-order valence-corrected chi connectivity index (χ0v) is 20.4. The van der Waals surface area contributed by atoms with Crippen LogP contribution in [0.15, 0.2) is 59.3 Å². The minimum absolute atomic E-state index is 0.0504. The molecule has 0 aliphatic carbocycles. The fourth-order valence-electron chi connectivity index (χ4n) is 4.18. The molecule has 1 atom stereocenters. The Morgan fingerprint density at radius 1 is 1.14 bits per heavy atom. The van der Waals surface area contributed by atoms with Crippen LogP contribution in [-0.4, -0.2) is 97.8 Å². The normalized spacial score (nSPS) is 21.1. The van der Waals surface area contributed by atoms with Gasteiger partial charge in [-0.2, -0.15) is 4.31 Å². The molecule has 2 aliphatic rings. The molecule has 2 aliphatic heterocycles. The van der Waals surface area contributed by atoms with Crippen molar-refractivity contribution in [2.24, 2.45) is 0 Å². The van der Waals surface area contributed by atoms with Gasteiger partial charge in [0, 0.05) is 44.1 Å². The lowest BCUT2D eigenvalue weighted by Crippen LogP contribution is -2.40. The minimum Gasteiger partial charge on any atom is -0.507 e. The summed E-state index contributed by atoms with van der Waals surface area (Å²) in [5.41, 5.74) is 0.787. The second-order valence-corrected chi connectivity index (χ2v) is 10.6. The van der Waals surface area contributed by atoms with Gasteiger partial charge in [0.15, 0.2) is 0 Å². The number of aliphatic hydroxyl groups is 1. The second-order valence-electron chi connectivity index (χ2n) is 8.62. The molecular weight excluding hydrogens is 472 g/mol. The van der Waals surface area contributed by atoms with Gasteiger partial charge < -0.3 is 19.6 Å². The van der Waals surface area contributed by atoms with Gasteiger partial charge in [-0.25, -0.2) is 8.42 Å². The molecule has 0 spiro atoms. The van der Waals surface area contributed by atoms with E-state index in [2.05, 4.69) is 4.98 Å². The smallest absolute Gasteiger partial charge is 0.295 e. The van der Waals surface area contributed by atoms with E-state index in [9.17, 15) is 23.1 Å². The molecule has 2 fully saturated rings. The van der Waals surface area contributed by atoms with E-state index in [0.29, 0.717) is 25.3 Å². The molecule has 1 unspecified atom stereocenters. The first kappa shape index (κ1) is 25.0. The van der Waals surface area contributed by atoms with Gasteiger partial charge in [-0.3, -0.25) is 14.6 Å². The van der Waals surface area contributed by atoms with Crippen LogP contribution in [0.1, 0.15) is 17.2 Å². The summed E-state index contributed by atoms with van der Waals surface area (Å²) < 4.78 is 32.4. The van der Waals surface area contributed by atoms with E-state index >= 15 is 0 Å². The zero-order chi connectivity index (χ0) is 25.2. The zero-order valence-electron chi connectivity index (χ0n) is 19.6. The monoisotopic (exact) mass is 500 g/mol. The Morgan fingerprint density at radius 3 is 2.43 bits per heavy atom. The Hall–Kier alpha value is -3.12. The molecule has 11 heteroatoms. The molecule has 2 aromatic rings. The highest BCUT2D eigenvalue weighted by atomic mass is 32.2. The Bertz CT molecular complexity index is 1220. The average Bonchev–Trinajstić information content (AvgIpc) is 3.13. The first-order valence-electron chi connectivity index (χ1n) is 11.2. The summed E-state index contributed by atoms with van der Waals surface area (Å²) in [6.45, 7) is 2.01. The number of pyridine rings is 1. The Morgan fingerprint density at radius 2 is 1.83 bits per heavy atom.